The first kappa shape index (κ1) is 21.0. The summed E-state index contributed by atoms with van der Waals surface area (Å²) in [6.45, 7) is 0. The fraction of sp³-hybridized carbons (Fsp3) is 0.192. The first-order valence-electron chi connectivity index (χ1n) is 9.73. The van der Waals surface area contributed by atoms with Gasteiger partial charge in [0.2, 0.25) is 0 Å². The van der Waals surface area contributed by atoms with E-state index in [1.807, 2.05) is 72.8 Å². The Balaban J connectivity index is 2.23. The molecule has 0 atom stereocenters. The van der Waals surface area contributed by atoms with E-state index in [9.17, 15) is 5.26 Å². The van der Waals surface area contributed by atoms with Crippen molar-refractivity contribution < 1.29 is 14.2 Å². The zero-order valence-corrected chi connectivity index (χ0v) is 17.5. The summed E-state index contributed by atoms with van der Waals surface area (Å²) in [6.07, 6.45) is 1.06. The number of hydrogen-bond acceptors (Lipinski definition) is 4. The molecule has 0 amide bonds. The monoisotopic (exact) mass is 399 g/mol. The highest BCUT2D eigenvalue weighted by Crippen LogP contribution is 2.36. The molecule has 3 aromatic carbocycles. The number of nitriles is 1. The van der Waals surface area contributed by atoms with Gasteiger partial charge in [0, 0.05) is 6.42 Å². The van der Waals surface area contributed by atoms with Crippen molar-refractivity contribution in [3.8, 4) is 23.3 Å². The highest BCUT2D eigenvalue weighted by Gasteiger charge is 2.15. The van der Waals surface area contributed by atoms with Gasteiger partial charge in [-0.1, -0.05) is 36.4 Å². The number of rotatable bonds is 8. The lowest BCUT2D eigenvalue weighted by atomic mass is 9.87. The van der Waals surface area contributed by atoms with Crippen molar-refractivity contribution in [1.29, 1.82) is 5.26 Å². The van der Waals surface area contributed by atoms with E-state index in [1.165, 1.54) is 0 Å². The van der Waals surface area contributed by atoms with Crippen LogP contribution in [-0.2, 0) is 0 Å². The van der Waals surface area contributed by atoms with Crippen molar-refractivity contribution >= 4 is 11.1 Å². The summed E-state index contributed by atoms with van der Waals surface area (Å²) < 4.78 is 16.0. The van der Waals surface area contributed by atoms with Gasteiger partial charge in [-0.2, -0.15) is 5.26 Å². The number of ether oxygens (including phenoxy) is 3. The smallest absolute Gasteiger partial charge is 0.118 e. The lowest BCUT2D eigenvalue weighted by molar-refractivity contribution is 0.414. The maximum atomic E-state index is 9.28. The van der Waals surface area contributed by atoms with E-state index in [2.05, 4.69) is 6.07 Å². The summed E-state index contributed by atoms with van der Waals surface area (Å²) in [4.78, 5) is 0. The molecule has 3 aromatic rings. The summed E-state index contributed by atoms with van der Waals surface area (Å²) in [7, 11) is 4.97. The number of allylic oxidation sites excluding steroid dienone is 1. The van der Waals surface area contributed by atoms with Crippen LogP contribution in [0.2, 0.25) is 0 Å². The molecule has 0 spiro atoms. The van der Waals surface area contributed by atoms with E-state index in [4.69, 9.17) is 14.2 Å². The number of benzene rings is 3. The van der Waals surface area contributed by atoms with Gasteiger partial charge >= 0.3 is 0 Å². The average molecular weight is 399 g/mol. The second kappa shape index (κ2) is 10.2. The predicted octanol–water partition coefficient (Wildman–Crippen LogP) is 5.98. The summed E-state index contributed by atoms with van der Waals surface area (Å²) >= 11 is 0. The molecular formula is C26H25NO3. The van der Waals surface area contributed by atoms with Gasteiger partial charge in [-0.25, -0.2) is 0 Å². The largest absolute Gasteiger partial charge is 0.497 e. The van der Waals surface area contributed by atoms with Crippen molar-refractivity contribution in [2.24, 2.45) is 0 Å². The fourth-order valence-corrected chi connectivity index (χ4v) is 3.42. The lowest BCUT2D eigenvalue weighted by Crippen LogP contribution is -1.97. The van der Waals surface area contributed by atoms with Crippen LogP contribution < -0.4 is 14.2 Å². The summed E-state index contributed by atoms with van der Waals surface area (Å²) in [5.41, 5.74) is 5.37. The Hall–Kier alpha value is -3.71. The third-order valence-electron chi connectivity index (χ3n) is 4.98. The Morgan fingerprint density at radius 3 is 1.33 bits per heavy atom. The number of hydrogen-bond donors (Lipinski definition) is 0. The Labute approximate surface area is 178 Å². The molecule has 30 heavy (non-hydrogen) atoms. The summed E-state index contributed by atoms with van der Waals surface area (Å²) in [6, 6.07) is 26.3. The summed E-state index contributed by atoms with van der Waals surface area (Å²) in [5.74, 6) is 2.40. The number of nitrogens with zero attached hydrogens (tertiary/aromatic N) is 1. The molecule has 0 radical (unpaired) electrons. The lowest BCUT2D eigenvalue weighted by Gasteiger charge is -2.18. The minimum Gasteiger partial charge on any atom is -0.497 e. The maximum Gasteiger partial charge on any atom is 0.118 e. The van der Waals surface area contributed by atoms with E-state index >= 15 is 0 Å². The molecule has 3 rings (SSSR count). The van der Waals surface area contributed by atoms with Gasteiger partial charge < -0.3 is 14.2 Å². The van der Waals surface area contributed by atoms with Gasteiger partial charge in [0.05, 0.1) is 27.4 Å². The van der Waals surface area contributed by atoms with Gasteiger partial charge in [-0.05, 0) is 70.7 Å². The zero-order valence-electron chi connectivity index (χ0n) is 17.5. The standard InChI is InChI=1S/C26H25NO3/c1-28-22-12-6-19(7-13-22)25(5-4-18-27)26(20-8-14-23(29-2)15-9-20)21-10-16-24(30-3)17-11-21/h6-17H,4-5H2,1-3H3. The topological polar surface area (TPSA) is 51.5 Å². The van der Waals surface area contributed by atoms with Crippen LogP contribution >= 0.6 is 0 Å². The molecule has 4 nitrogen and oxygen atoms in total. The van der Waals surface area contributed by atoms with Crippen molar-refractivity contribution in [2.75, 3.05) is 21.3 Å². The molecule has 0 heterocycles. The highest BCUT2D eigenvalue weighted by molar-refractivity contribution is 5.98. The van der Waals surface area contributed by atoms with Crippen LogP contribution in [0, 0.1) is 11.3 Å². The van der Waals surface area contributed by atoms with Crippen LogP contribution in [0.5, 0.6) is 17.2 Å². The minimum absolute atomic E-state index is 0.428. The molecule has 0 unspecified atom stereocenters. The van der Waals surface area contributed by atoms with E-state index in [1.54, 1.807) is 21.3 Å². The predicted molar refractivity (Wildman–Crippen MR) is 120 cm³/mol. The molecular weight excluding hydrogens is 374 g/mol. The molecule has 0 aliphatic heterocycles. The van der Waals surface area contributed by atoms with Crippen molar-refractivity contribution in [3.63, 3.8) is 0 Å². The van der Waals surface area contributed by atoms with E-state index in [0.717, 1.165) is 45.1 Å². The van der Waals surface area contributed by atoms with E-state index in [0.29, 0.717) is 12.8 Å². The number of methoxy groups -OCH3 is 3. The van der Waals surface area contributed by atoms with E-state index < -0.39 is 0 Å². The molecule has 0 N–H and O–H groups in total. The van der Waals surface area contributed by atoms with Crippen LogP contribution in [0.3, 0.4) is 0 Å². The fourth-order valence-electron chi connectivity index (χ4n) is 3.42. The molecule has 0 aromatic heterocycles. The molecule has 0 saturated carbocycles. The van der Waals surface area contributed by atoms with Gasteiger partial charge in [-0.15, -0.1) is 0 Å². The van der Waals surface area contributed by atoms with Crippen molar-refractivity contribution in [2.45, 2.75) is 12.8 Å². The molecule has 0 fully saturated rings. The van der Waals surface area contributed by atoms with Crippen molar-refractivity contribution in [1.82, 2.24) is 0 Å². The maximum absolute atomic E-state index is 9.28. The molecule has 0 bridgehead atoms. The van der Waals surface area contributed by atoms with Crippen LogP contribution in [0.15, 0.2) is 72.8 Å². The molecule has 0 saturated heterocycles. The SMILES string of the molecule is COc1ccc(C(CCC#N)=C(c2ccc(OC)cc2)c2ccc(OC)cc2)cc1. The molecule has 4 heteroatoms. The molecule has 0 aliphatic rings. The van der Waals surface area contributed by atoms with E-state index in [-0.39, 0.29) is 0 Å². The molecule has 152 valence electrons. The quantitative estimate of drug-likeness (QED) is 0.438. The highest BCUT2D eigenvalue weighted by atomic mass is 16.5. The normalized spacial score (nSPS) is 10.1. The van der Waals surface area contributed by atoms with Crippen LogP contribution in [0.25, 0.3) is 11.1 Å². The summed E-state index contributed by atoms with van der Waals surface area (Å²) in [5, 5.41) is 9.28. The minimum atomic E-state index is 0.428. The Kier molecular flexibility index (Phi) is 7.13. The van der Waals surface area contributed by atoms with Gasteiger partial charge in [0.1, 0.15) is 17.2 Å². The third kappa shape index (κ3) is 4.82. The Bertz CT molecular complexity index is 978. The van der Waals surface area contributed by atoms with Crippen LogP contribution in [0.1, 0.15) is 29.5 Å². The zero-order chi connectivity index (χ0) is 21.3. The Morgan fingerprint density at radius 1 is 0.633 bits per heavy atom. The first-order chi connectivity index (χ1) is 14.7. The van der Waals surface area contributed by atoms with Crippen molar-refractivity contribution in [3.05, 3.63) is 89.5 Å². The second-order valence-corrected chi connectivity index (χ2v) is 6.70. The Morgan fingerprint density at radius 2 is 1.00 bits per heavy atom. The first-order valence-corrected chi connectivity index (χ1v) is 9.73. The average Bonchev–Trinajstić information content (AvgIpc) is 2.82. The van der Waals surface area contributed by atoms with Gasteiger partial charge in [0.25, 0.3) is 0 Å². The van der Waals surface area contributed by atoms with Gasteiger partial charge in [-0.3, -0.25) is 0 Å². The second-order valence-electron chi connectivity index (χ2n) is 6.70. The van der Waals surface area contributed by atoms with Crippen LogP contribution in [-0.4, -0.2) is 21.3 Å². The third-order valence-corrected chi connectivity index (χ3v) is 4.98. The van der Waals surface area contributed by atoms with Gasteiger partial charge in [0.15, 0.2) is 0 Å². The van der Waals surface area contributed by atoms with Crippen LogP contribution in [0.4, 0.5) is 0 Å². The molecule has 0 aliphatic carbocycles.